The maximum Gasteiger partial charge on any atom is 0.220 e. The van der Waals surface area contributed by atoms with Gasteiger partial charge in [0.15, 0.2) is 5.78 Å². The molecule has 0 aliphatic heterocycles. The van der Waals surface area contributed by atoms with Gasteiger partial charge in [-0.2, -0.15) is 0 Å². The van der Waals surface area contributed by atoms with Gasteiger partial charge in [-0.15, -0.1) is 0 Å². The fourth-order valence-corrected chi connectivity index (χ4v) is 2.37. The SMILES string of the molecule is O=C(CCC(=O)c1ccccc1)NC1CCCC1. The summed E-state index contributed by atoms with van der Waals surface area (Å²) in [6.07, 6.45) is 5.16. The molecule has 18 heavy (non-hydrogen) atoms. The number of carbonyl (C=O) groups is 2. The predicted octanol–water partition coefficient (Wildman–Crippen LogP) is 2.71. The van der Waals surface area contributed by atoms with Gasteiger partial charge in [-0.05, 0) is 12.8 Å². The van der Waals surface area contributed by atoms with Crippen molar-refractivity contribution in [3.05, 3.63) is 35.9 Å². The van der Waals surface area contributed by atoms with E-state index in [0.717, 1.165) is 12.8 Å². The topological polar surface area (TPSA) is 46.2 Å². The van der Waals surface area contributed by atoms with E-state index in [1.54, 1.807) is 12.1 Å². The number of rotatable bonds is 5. The molecule has 1 aromatic rings. The lowest BCUT2D eigenvalue weighted by atomic mass is 10.1. The van der Waals surface area contributed by atoms with Crippen molar-refractivity contribution in [1.29, 1.82) is 0 Å². The molecule has 0 atom stereocenters. The summed E-state index contributed by atoms with van der Waals surface area (Å²) < 4.78 is 0. The highest BCUT2D eigenvalue weighted by Gasteiger charge is 2.17. The average Bonchev–Trinajstić information content (AvgIpc) is 2.90. The van der Waals surface area contributed by atoms with E-state index < -0.39 is 0 Å². The van der Waals surface area contributed by atoms with E-state index >= 15 is 0 Å². The smallest absolute Gasteiger partial charge is 0.220 e. The molecule has 1 aromatic carbocycles. The zero-order valence-electron chi connectivity index (χ0n) is 10.5. The Hall–Kier alpha value is -1.64. The Kier molecular flexibility index (Phi) is 4.51. The summed E-state index contributed by atoms with van der Waals surface area (Å²) in [5.41, 5.74) is 0.686. The van der Waals surface area contributed by atoms with E-state index in [-0.39, 0.29) is 11.7 Å². The first-order valence-electron chi connectivity index (χ1n) is 6.63. The molecule has 0 bridgehead atoms. The Balaban J connectivity index is 1.74. The zero-order chi connectivity index (χ0) is 12.8. The third-order valence-corrected chi connectivity index (χ3v) is 3.40. The Bertz CT molecular complexity index is 408. The van der Waals surface area contributed by atoms with Crippen molar-refractivity contribution in [2.75, 3.05) is 0 Å². The van der Waals surface area contributed by atoms with Crippen molar-refractivity contribution in [2.24, 2.45) is 0 Å². The minimum Gasteiger partial charge on any atom is -0.353 e. The minimum absolute atomic E-state index is 0.00572. The molecule has 1 fully saturated rings. The van der Waals surface area contributed by atoms with Gasteiger partial charge < -0.3 is 5.32 Å². The Morgan fingerprint density at radius 2 is 1.72 bits per heavy atom. The molecule has 1 saturated carbocycles. The average molecular weight is 245 g/mol. The first kappa shape index (κ1) is 12.8. The van der Waals surface area contributed by atoms with Crippen molar-refractivity contribution in [1.82, 2.24) is 5.32 Å². The zero-order valence-corrected chi connectivity index (χ0v) is 10.5. The Labute approximate surface area is 108 Å². The Morgan fingerprint density at radius 1 is 1.06 bits per heavy atom. The number of amides is 1. The van der Waals surface area contributed by atoms with E-state index in [9.17, 15) is 9.59 Å². The Morgan fingerprint density at radius 3 is 2.39 bits per heavy atom. The maximum atomic E-state index is 11.8. The van der Waals surface area contributed by atoms with Crippen molar-refractivity contribution in [2.45, 2.75) is 44.6 Å². The van der Waals surface area contributed by atoms with Gasteiger partial charge in [0.1, 0.15) is 0 Å². The standard InChI is InChI=1S/C15H19NO2/c17-14(12-6-2-1-3-7-12)10-11-15(18)16-13-8-4-5-9-13/h1-3,6-7,13H,4-5,8-11H2,(H,16,18). The number of benzene rings is 1. The van der Waals surface area contributed by atoms with E-state index in [0.29, 0.717) is 24.4 Å². The van der Waals surface area contributed by atoms with Gasteiger partial charge in [0, 0.05) is 24.4 Å². The molecule has 1 aliphatic rings. The third kappa shape index (κ3) is 3.69. The lowest BCUT2D eigenvalue weighted by molar-refractivity contribution is -0.121. The van der Waals surface area contributed by atoms with Gasteiger partial charge in [-0.3, -0.25) is 9.59 Å². The van der Waals surface area contributed by atoms with Crippen LogP contribution in [0, 0.1) is 0 Å². The fraction of sp³-hybridized carbons (Fsp3) is 0.467. The molecule has 0 saturated heterocycles. The quantitative estimate of drug-likeness (QED) is 0.811. The molecule has 0 heterocycles. The summed E-state index contributed by atoms with van der Waals surface area (Å²) >= 11 is 0. The van der Waals surface area contributed by atoms with Gasteiger partial charge in [-0.25, -0.2) is 0 Å². The van der Waals surface area contributed by atoms with Crippen molar-refractivity contribution in [3.8, 4) is 0 Å². The van der Waals surface area contributed by atoms with Gasteiger partial charge in [0.25, 0.3) is 0 Å². The molecular formula is C15H19NO2. The molecule has 1 aliphatic carbocycles. The van der Waals surface area contributed by atoms with Crippen molar-refractivity contribution < 1.29 is 9.59 Å². The normalized spacial score (nSPS) is 15.6. The van der Waals surface area contributed by atoms with Gasteiger partial charge in [0.2, 0.25) is 5.91 Å². The molecule has 0 spiro atoms. The van der Waals surface area contributed by atoms with Gasteiger partial charge in [0.05, 0.1) is 0 Å². The highest BCUT2D eigenvalue weighted by atomic mass is 16.2. The van der Waals surface area contributed by atoms with E-state index in [1.165, 1.54) is 12.8 Å². The van der Waals surface area contributed by atoms with Crippen LogP contribution in [0.3, 0.4) is 0 Å². The van der Waals surface area contributed by atoms with E-state index in [2.05, 4.69) is 5.32 Å². The van der Waals surface area contributed by atoms with Crippen LogP contribution in [0.5, 0.6) is 0 Å². The van der Waals surface area contributed by atoms with Crippen LogP contribution >= 0.6 is 0 Å². The summed E-state index contributed by atoms with van der Waals surface area (Å²) in [4.78, 5) is 23.5. The summed E-state index contributed by atoms with van der Waals surface area (Å²) in [7, 11) is 0. The molecular weight excluding hydrogens is 226 g/mol. The largest absolute Gasteiger partial charge is 0.353 e. The lowest BCUT2D eigenvalue weighted by Gasteiger charge is -2.11. The molecule has 96 valence electrons. The summed E-state index contributed by atoms with van der Waals surface area (Å²) in [5.74, 6) is 0.0448. The molecule has 0 unspecified atom stereocenters. The maximum absolute atomic E-state index is 11.8. The molecule has 0 radical (unpaired) electrons. The molecule has 1 N–H and O–H groups in total. The highest BCUT2D eigenvalue weighted by molar-refractivity contribution is 5.97. The van der Waals surface area contributed by atoms with Crippen LogP contribution in [0.4, 0.5) is 0 Å². The van der Waals surface area contributed by atoms with Crippen LogP contribution in [0.15, 0.2) is 30.3 Å². The van der Waals surface area contributed by atoms with Crippen molar-refractivity contribution in [3.63, 3.8) is 0 Å². The summed E-state index contributed by atoms with van der Waals surface area (Å²) in [5, 5.41) is 2.99. The summed E-state index contributed by atoms with van der Waals surface area (Å²) in [6, 6.07) is 9.47. The van der Waals surface area contributed by atoms with Crippen LogP contribution in [-0.4, -0.2) is 17.7 Å². The van der Waals surface area contributed by atoms with E-state index in [4.69, 9.17) is 0 Å². The van der Waals surface area contributed by atoms with Crippen LogP contribution in [0.25, 0.3) is 0 Å². The molecule has 2 rings (SSSR count). The van der Waals surface area contributed by atoms with Gasteiger partial charge in [-0.1, -0.05) is 43.2 Å². The number of Topliss-reactive ketones (excluding diaryl/α,β-unsaturated/α-hetero) is 1. The number of hydrogen-bond acceptors (Lipinski definition) is 2. The predicted molar refractivity (Wildman–Crippen MR) is 70.4 cm³/mol. The first-order chi connectivity index (χ1) is 8.75. The highest BCUT2D eigenvalue weighted by Crippen LogP contribution is 2.17. The fourth-order valence-electron chi connectivity index (χ4n) is 2.37. The number of carbonyl (C=O) groups excluding carboxylic acids is 2. The third-order valence-electron chi connectivity index (χ3n) is 3.40. The van der Waals surface area contributed by atoms with Crippen LogP contribution in [0.2, 0.25) is 0 Å². The van der Waals surface area contributed by atoms with Crippen LogP contribution in [0.1, 0.15) is 48.9 Å². The number of ketones is 1. The lowest BCUT2D eigenvalue weighted by Crippen LogP contribution is -2.32. The molecule has 3 heteroatoms. The van der Waals surface area contributed by atoms with Crippen LogP contribution in [-0.2, 0) is 4.79 Å². The second kappa shape index (κ2) is 6.34. The van der Waals surface area contributed by atoms with E-state index in [1.807, 2.05) is 18.2 Å². The molecule has 0 aromatic heterocycles. The summed E-state index contributed by atoms with van der Waals surface area (Å²) in [6.45, 7) is 0. The second-order valence-electron chi connectivity index (χ2n) is 4.84. The van der Waals surface area contributed by atoms with Gasteiger partial charge >= 0.3 is 0 Å². The molecule has 1 amide bonds. The first-order valence-corrected chi connectivity index (χ1v) is 6.63. The molecule has 3 nitrogen and oxygen atoms in total. The van der Waals surface area contributed by atoms with Crippen LogP contribution < -0.4 is 5.32 Å². The minimum atomic E-state index is 0.00572. The second-order valence-corrected chi connectivity index (χ2v) is 4.84. The van der Waals surface area contributed by atoms with Crippen molar-refractivity contribution >= 4 is 11.7 Å². The number of hydrogen-bond donors (Lipinski definition) is 1. The monoisotopic (exact) mass is 245 g/mol. The number of nitrogens with one attached hydrogen (secondary N) is 1.